The van der Waals surface area contributed by atoms with Crippen molar-refractivity contribution in [3.63, 3.8) is 0 Å². The van der Waals surface area contributed by atoms with Crippen LogP contribution in [0.1, 0.15) is 24.8 Å². The van der Waals surface area contributed by atoms with Crippen molar-refractivity contribution in [3.05, 3.63) is 30.1 Å². The highest BCUT2D eigenvalue weighted by atomic mass is 16.5. The number of carbonyl (C=O) groups excluding carboxylic acids is 2. The second kappa shape index (κ2) is 6.31. The average molecular weight is 262 g/mol. The average Bonchev–Trinajstić information content (AvgIpc) is 2.47. The molecule has 102 valence electrons. The number of amides is 1. The van der Waals surface area contributed by atoms with Gasteiger partial charge in [0.15, 0.2) is 0 Å². The Kier molecular flexibility index (Phi) is 4.49. The molecule has 1 fully saturated rings. The number of pyridine rings is 1. The summed E-state index contributed by atoms with van der Waals surface area (Å²) in [5.41, 5.74) is 0.911. The van der Waals surface area contributed by atoms with Crippen LogP contribution in [0, 0.1) is 0 Å². The minimum atomic E-state index is -0.423. The van der Waals surface area contributed by atoms with E-state index in [1.807, 2.05) is 12.1 Å². The maximum absolute atomic E-state index is 12.3. The van der Waals surface area contributed by atoms with E-state index in [0.29, 0.717) is 19.4 Å². The molecule has 1 saturated heterocycles. The fourth-order valence-electron chi connectivity index (χ4n) is 2.39. The Morgan fingerprint density at radius 1 is 1.37 bits per heavy atom. The van der Waals surface area contributed by atoms with Crippen LogP contribution in [0.5, 0.6) is 0 Å². The van der Waals surface area contributed by atoms with Gasteiger partial charge < -0.3 is 9.64 Å². The number of methoxy groups -OCH3 is 1. The summed E-state index contributed by atoms with van der Waals surface area (Å²) in [6.07, 6.45) is 6.21. The molecule has 1 aliphatic rings. The van der Waals surface area contributed by atoms with Crippen LogP contribution in [-0.2, 0) is 20.7 Å². The van der Waals surface area contributed by atoms with Crippen molar-refractivity contribution >= 4 is 11.9 Å². The zero-order chi connectivity index (χ0) is 13.7. The van der Waals surface area contributed by atoms with Crippen molar-refractivity contribution in [2.45, 2.75) is 31.7 Å². The normalized spacial score (nSPS) is 19.0. The molecule has 0 unspecified atom stereocenters. The van der Waals surface area contributed by atoms with E-state index in [9.17, 15) is 9.59 Å². The molecule has 0 bridgehead atoms. The molecule has 5 heteroatoms. The van der Waals surface area contributed by atoms with Crippen molar-refractivity contribution in [2.24, 2.45) is 0 Å². The van der Waals surface area contributed by atoms with Gasteiger partial charge in [-0.1, -0.05) is 0 Å². The van der Waals surface area contributed by atoms with E-state index >= 15 is 0 Å². The first-order valence-corrected chi connectivity index (χ1v) is 6.48. The van der Waals surface area contributed by atoms with E-state index in [2.05, 4.69) is 4.98 Å². The van der Waals surface area contributed by atoms with Gasteiger partial charge >= 0.3 is 5.97 Å². The Morgan fingerprint density at radius 2 is 2.11 bits per heavy atom. The van der Waals surface area contributed by atoms with Gasteiger partial charge in [-0.3, -0.25) is 9.78 Å². The largest absolute Gasteiger partial charge is 0.467 e. The number of nitrogens with zero attached hydrogens (tertiary/aromatic N) is 2. The van der Waals surface area contributed by atoms with E-state index in [4.69, 9.17) is 4.74 Å². The third kappa shape index (κ3) is 3.30. The highest BCUT2D eigenvalue weighted by molar-refractivity contribution is 5.85. The van der Waals surface area contributed by atoms with Crippen LogP contribution >= 0.6 is 0 Å². The van der Waals surface area contributed by atoms with Crippen LogP contribution < -0.4 is 0 Å². The number of piperidine rings is 1. The number of hydrogen-bond donors (Lipinski definition) is 0. The summed E-state index contributed by atoms with van der Waals surface area (Å²) in [6, 6.07) is 3.21. The zero-order valence-corrected chi connectivity index (χ0v) is 11.0. The molecule has 0 aromatic carbocycles. The summed E-state index contributed by atoms with van der Waals surface area (Å²) < 4.78 is 4.78. The van der Waals surface area contributed by atoms with Crippen molar-refractivity contribution in [1.29, 1.82) is 0 Å². The lowest BCUT2D eigenvalue weighted by Crippen LogP contribution is -2.49. The van der Waals surface area contributed by atoms with E-state index in [1.165, 1.54) is 7.11 Å². The van der Waals surface area contributed by atoms with Gasteiger partial charge in [0, 0.05) is 18.9 Å². The highest BCUT2D eigenvalue weighted by Crippen LogP contribution is 2.19. The summed E-state index contributed by atoms with van der Waals surface area (Å²) in [5, 5.41) is 0. The van der Waals surface area contributed by atoms with Gasteiger partial charge in [0.2, 0.25) is 5.91 Å². The van der Waals surface area contributed by atoms with Crippen molar-refractivity contribution < 1.29 is 14.3 Å². The molecule has 0 N–H and O–H groups in total. The van der Waals surface area contributed by atoms with Gasteiger partial charge in [0.1, 0.15) is 6.04 Å². The number of rotatable bonds is 3. The topological polar surface area (TPSA) is 59.5 Å². The first-order chi connectivity index (χ1) is 9.22. The van der Waals surface area contributed by atoms with Crippen LogP contribution in [0.2, 0.25) is 0 Å². The van der Waals surface area contributed by atoms with E-state index in [-0.39, 0.29) is 11.9 Å². The molecule has 0 saturated carbocycles. The van der Waals surface area contributed by atoms with Crippen molar-refractivity contribution in [3.8, 4) is 0 Å². The van der Waals surface area contributed by atoms with E-state index in [1.54, 1.807) is 17.3 Å². The quantitative estimate of drug-likeness (QED) is 0.767. The second-order valence-electron chi connectivity index (χ2n) is 4.65. The summed E-state index contributed by atoms with van der Waals surface area (Å²) >= 11 is 0. The molecule has 1 amide bonds. The van der Waals surface area contributed by atoms with Crippen molar-refractivity contribution in [1.82, 2.24) is 9.88 Å². The van der Waals surface area contributed by atoms with Gasteiger partial charge in [0.05, 0.1) is 13.5 Å². The number of esters is 1. The molecule has 0 spiro atoms. The summed E-state index contributed by atoms with van der Waals surface area (Å²) in [6.45, 7) is 0.629. The number of carbonyl (C=O) groups is 2. The lowest BCUT2D eigenvalue weighted by molar-refractivity contribution is -0.154. The van der Waals surface area contributed by atoms with Crippen LogP contribution in [0.3, 0.4) is 0 Å². The maximum atomic E-state index is 12.3. The van der Waals surface area contributed by atoms with E-state index in [0.717, 1.165) is 18.4 Å². The summed E-state index contributed by atoms with van der Waals surface area (Å²) in [7, 11) is 1.36. The molecule has 1 atom stereocenters. The third-order valence-electron chi connectivity index (χ3n) is 3.40. The van der Waals surface area contributed by atoms with E-state index < -0.39 is 6.04 Å². The standard InChI is InChI=1S/C14H18N2O3/c1-19-14(18)12-4-2-3-9-16(12)13(17)10-11-5-7-15-8-6-11/h5-8,12H,2-4,9-10H2,1H3/t12-/m1/s1. The fourth-order valence-corrected chi connectivity index (χ4v) is 2.39. The Hall–Kier alpha value is -1.91. The van der Waals surface area contributed by atoms with Gasteiger partial charge in [-0.05, 0) is 37.0 Å². The fraction of sp³-hybridized carbons (Fsp3) is 0.500. The van der Waals surface area contributed by atoms with Crippen LogP contribution in [0.4, 0.5) is 0 Å². The summed E-state index contributed by atoms with van der Waals surface area (Å²) in [5.74, 6) is -0.343. The molecular formula is C14H18N2O3. The predicted octanol–water partition coefficient (Wildman–Crippen LogP) is 1.18. The first-order valence-electron chi connectivity index (χ1n) is 6.48. The lowest BCUT2D eigenvalue weighted by atomic mass is 10.0. The number of hydrogen-bond acceptors (Lipinski definition) is 4. The minimum absolute atomic E-state index is 0.0266. The molecule has 5 nitrogen and oxygen atoms in total. The van der Waals surface area contributed by atoms with Crippen molar-refractivity contribution in [2.75, 3.05) is 13.7 Å². The molecule has 0 radical (unpaired) electrons. The monoisotopic (exact) mass is 262 g/mol. The minimum Gasteiger partial charge on any atom is -0.467 e. The smallest absolute Gasteiger partial charge is 0.328 e. The zero-order valence-electron chi connectivity index (χ0n) is 11.0. The molecule has 1 aliphatic heterocycles. The number of likely N-dealkylation sites (tertiary alicyclic amines) is 1. The Bertz CT molecular complexity index is 447. The number of ether oxygens (including phenoxy) is 1. The number of aromatic nitrogens is 1. The van der Waals surface area contributed by atoms with Gasteiger partial charge in [-0.2, -0.15) is 0 Å². The molecule has 19 heavy (non-hydrogen) atoms. The van der Waals surface area contributed by atoms with Gasteiger partial charge in [-0.25, -0.2) is 4.79 Å². The Morgan fingerprint density at radius 3 is 2.79 bits per heavy atom. The lowest BCUT2D eigenvalue weighted by Gasteiger charge is -2.33. The molecule has 0 aliphatic carbocycles. The molecule has 1 aromatic heterocycles. The Labute approximate surface area is 112 Å². The second-order valence-corrected chi connectivity index (χ2v) is 4.65. The molecule has 2 heterocycles. The molecule has 1 aromatic rings. The Balaban J connectivity index is 2.05. The molecular weight excluding hydrogens is 244 g/mol. The third-order valence-corrected chi connectivity index (χ3v) is 3.40. The maximum Gasteiger partial charge on any atom is 0.328 e. The van der Waals surface area contributed by atoms with Gasteiger partial charge in [0.25, 0.3) is 0 Å². The summed E-state index contributed by atoms with van der Waals surface area (Å²) in [4.78, 5) is 29.6. The van der Waals surface area contributed by atoms with Gasteiger partial charge in [-0.15, -0.1) is 0 Å². The van der Waals surface area contributed by atoms with Crippen LogP contribution in [0.15, 0.2) is 24.5 Å². The first kappa shape index (κ1) is 13.5. The van der Waals surface area contributed by atoms with Crippen LogP contribution in [0.25, 0.3) is 0 Å². The SMILES string of the molecule is COC(=O)[C@H]1CCCCN1C(=O)Cc1ccncc1. The van der Waals surface area contributed by atoms with Crippen LogP contribution in [-0.4, -0.2) is 41.5 Å². The highest BCUT2D eigenvalue weighted by Gasteiger charge is 2.32. The predicted molar refractivity (Wildman–Crippen MR) is 69.3 cm³/mol. The molecule has 2 rings (SSSR count).